The Morgan fingerprint density at radius 1 is 1.45 bits per heavy atom. The Hall–Kier alpha value is -0.730. The highest BCUT2D eigenvalue weighted by Crippen LogP contribution is 2.09. The van der Waals surface area contributed by atoms with Crippen LogP contribution in [0.1, 0.15) is 5.56 Å². The van der Waals surface area contributed by atoms with Crippen molar-refractivity contribution < 1.29 is 0 Å². The molecule has 58 valence electrons. The zero-order valence-electron chi connectivity index (χ0n) is 6.20. The molecule has 0 bridgehead atoms. The summed E-state index contributed by atoms with van der Waals surface area (Å²) in [5.74, 6) is 0. The van der Waals surface area contributed by atoms with E-state index >= 15 is 0 Å². The molecular weight excluding hydrogens is 154 g/mol. The van der Waals surface area contributed by atoms with Gasteiger partial charge in [0, 0.05) is 11.4 Å². The summed E-state index contributed by atoms with van der Waals surface area (Å²) in [7, 11) is 0. The largest absolute Gasteiger partial charge is 0.327 e. The van der Waals surface area contributed by atoms with Crippen LogP contribution in [0.15, 0.2) is 35.2 Å². The van der Waals surface area contributed by atoms with E-state index in [2.05, 4.69) is 12.6 Å². The second-order valence-electron chi connectivity index (χ2n) is 2.23. The zero-order valence-corrected chi connectivity index (χ0v) is 7.09. The molecule has 0 atom stereocenters. The standard InChI is InChI=1S/C9H11NS/c10-6-2-4-8-3-1-5-9(11)7-8/h1-5,7,11H,6,10H2. The number of hydrogen-bond acceptors (Lipinski definition) is 2. The van der Waals surface area contributed by atoms with Crippen molar-refractivity contribution in [3.63, 3.8) is 0 Å². The van der Waals surface area contributed by atoms with Crippen molar-refractivity contribution in [3.05, 3.63) is 35.9 Å². The van der Waals surface area contributed by atoms with Crippen molar-refractivity contribution in [1.82, 2.24) is 0 Å². The third-order valence-corrected chi connectivity index (χ3v) is 1.59. The van der Waals surface area contributed by atoms with Crippen LogP contribution in [0.4, 0.5) is 0 Å². The van der Waals surface area contributed by atoms with Crippen molar-refractivity contribution in [2.75, 3.05) is 6.54 Å². The van der Waals surface area contributed by atoms with E-state index in [1.54, 1.807) is 0 Å². The summed E-state index contributed by atoms with van der Waals surface area (Å²) in [6.45, 7) is 0.580. The highest BCUT2D eigenvalue weighted by atomic mass is 32.1. The van der Waals surface area contributed by atoms with Crippen LogP contribution in [0.2, 0.25) is 0 Å². The molecule has 1 aromatic rings. The summed E-state index contributed by atoms with van der Waals surface area (Å²) in [5.41, 5.74) is 6.45. The van der Waals surface area contributed by atoms with E-state index in [1.807, 2.05) is 36.4 Å². The molecule has 0 aromatic heterocycles. The normalized spacial score (nSPS) is 10.7. The van der Waals surface area contributed by atoms with Crippen LogP contribution in [-0.2, 0) is 0 Å². The molecule has 0 spiro atoms. The first kappa shape index (κ1) is 8.37. The van der Waals surface area contributed by atoms with E-state index in [4.69, 9.17) is 5.73 Å². The zero-order chi connectivity index (χ0) is 8.10. The first-order valence-corrected chi connectivity index (χ1v) is 3.93. The molecule has 11 heavy (non-hydrogen) atoms. The molecule has 0 aliphatic carbocycles. The second-order valence-corrected chi connectivity index (χ2v) is 2.75. The van der Waals surface area contributed by atoms with Gasteiger partial charge in [-0.25, -0.2) is 0 Å². The van der Waals surface area contributed by atoms with Crippen LogP contribution in [0.5, 0.6) is 0 Å². The van der Waals surface area contributed by atoms with Crippen LogP contribution < -0.4 is 5.73 Å². The van der Waals surface area contributed by atoms with Gasteiger partial charge in [0.2, 0.25) is 0 Å². The number of benzene rings is 1. The van der Waals surface area contributed by atoms with E-state index in [9.17, 15) is 0 Å². The fourth-order valence-corrected chi connectivity index (χ4v) is 1.07. The third-order valence-electron chi connectivity index (χ3n) is 1.32. The van der Waals surface area contributed by atoms with Crippen molar-refractivity contribution in [2.45, 2.75) is 4.90 Å². The van der Waals surface area contributed by atoms with Crippen molar-refractivity contribution in [3.8, 4) is 0 Å². The topological polar surface area (TPSA) is 26.0 Å². The highest BCUT2D eigenvalue weighted by Gasteiger charge is 1.85. The van der Waals surface area contributed by atoms with E-state index in [1.165, 1.54) is 0 Å². The third kappa shape index (κ3) is 2.78. The van der Waals surface area contributed by atoms with Gasteiger partial charge in [-0.3, -0.25) is 0 Å². The molecule has 2 N–H and O–H groups in total. The Kier molecular flexibility index (Phi) is 3.20. The molecule has 0 saturated carbocycles. The Morgan fingerprint density at radius 2 is 2.27 bits per heavy atom. The molecule has 0 saturated heterocycles. The molecule has 2 heteroatoms. The number of nitrogens with two attached hydrogens (primary N) is 1. The first-order valence-electron chi connectivity index (χ1n) is 3.48. The summed E-state index contributed by atoms with van der Waals surface area (Å²) in [6, 6.07) is 7.93. The molecule has 0 aliphatic heterocycles. The van der Waals surface area contributed by atoms with Gasteiger partial charge in [0.15, 0.2) is 0 Å². The summed E-state index contributed by atoms with van der Waals surface area (Å²) < 4.78 is 0. The highest BCUT2D eigenvalue weighted by molar-refractivity contribution is 7.80. The van der Waals surface area contributed by atoms with Gasteiger partial charge in [0.05, 0.1) is 0 Å². The van der Waals surface area contributed by atoms with Gasteiger partial charge in [-0.2, -0.15) is 0 Å². The maximum absolute atomic E-state index is 5.31. The SMILES string of the molecule is NCC=Cc1cccc(S)c1. The molecule has 0 amide bonds. The average Bonchev–Trinajstić information content (AvgIpc) is 2.01. The Labute approximate surface area is 72.3 Å². The summed E-state index contributed by atoms with van der Waals surface area (Å²) >= 11 is 4.21. The summed E-state index contributed by atoms with van der Waals surface area (Å²) in [4.78, 5) is 0.976. The lowest BCUT2D eigenvalue weighted by molar-refractivity contribution is 1.26. The van der Waals surface area contributed by atoms with Crippen LogP contribution in [0.25, 0.3) is 6.08 Å². The first-order chi connectivity index (χ1) is 5.33. The molecule has 0 fully saturated rings. The van der Waals surface area contributed by atoms with Crippen LogP contribution in [0, 0.1) is 0 Å². The number of hydrogen-bond donors (Lipinski definition) is 2. The smallest absolute Gasteiger partial charge is 0.0110 e. The summed E-state index contributed by atoms with van der Waals surface area (Å²) in [5, 5.41) is 0. The lowest BCUT2D eigenvalue weighted by Crippen LogP contribution is -1.91. The van der Waals surface area contributed by atoms with Gasteiger partial charge >= 0.3 is 0 Å². The Balaban J connectivity index is 2.79. The van der Waals surface area contributed by atoms with Gasteiger partial charge in [-0.1, -0.05) is 24.3 Å². The fraction of sp³-hybridized carbons (Fsp3) is 0.111. The maximum atomic E-state index is 5.31. The fourth-order valence-electron chi connectivity index (χ4n) is 0.833. The molecule has 0 heterocycles. The Morgan fingerprint density at radius 3 is 2.91 bits per heavy atom. The van der Waals surface area contributed by atoms with Gasteiger partial charge < -0.3 is 5.73 Å². The molecule has 0 radical (unpaired) electrons. The van der Waals surface area contributed by atoms with Gasteiger partial charge in [-0.15, -0.1) is 12.6 Å². The molecule has 1 nitrogen and oxygen atoms in total. The molecule has 0 aliphatic rings. The van der Waals surface area contributed by atoms with Crippen molar-refractivity contribution in [2.24, 2.45) is 5.73 Å². The van der Waals surface area contributed by atoms with E-state index in [0.717, 1.165) is 10.5 Å². The number of rotatable bonds is 2. The molecule has 1 rings (SSSR count). The lowest BCUT2D eigenvalue weighted by Gasteiger charge is -1.93. The lowest BCUT2D eigenvalue weighted by atomic mass is 10.2. The number of thiol groups is 1. The summed E-state index contributed by atoms with van der Waals surface area (Å²) in [6.07, 6.45) is 3.91. The van der Waals surface area contributed by atoms with Gasteiger partial charge in [-0.05, 0) is 17.7 Å². The predicted octanol–water partition coefficient (Wildman–Crippen LogP) is 1.95. The van der Waals surface area contributed by atoms with Gasteiger partial charge in [0.1, 0.15) is 0 Å². The molecular formula is C9H11NS. The monoisotopic (exact) mass is 165 g/mol. The maximum Gasteiger partial charge on any atom is 0.0110 e. The van der Waals surface area contributed by atoms with Crippen LogP contribution >= 0.6 is 12.6 Å². The molecule has 0 unspecified atom stereocenters. The van der Waals surface area contributed by atoms with Gasteiger partial charge in [0.25, 0.3) is 0 Å². The molecule has 1 aromatic carbocycles. The van der Waals surface area contributed by atoms with Crippen molar-refractivity contribution >= 4 is 18.7 Å². The van der Waals surface area contributed by atoms with Crippen molar-refractivity contribution in [1.29, 1.82) is 0 Å². The van der Waals surface area contributed by atoms with Crippen LogP contribution in [0.3, 0.4) is 0 Å². The van der Waals surface area contributed by atoms with Crippen LogP contribution in [-0.4, -0.2) is 6.54 Å². The quantitative estimate of drug-likeness (QED) is 0.644. The minimum atomic E-state index is 0.580. The van der Waals surface area contributed by atoms with E-state index < -0.39 is 0 Å². The predicted molar refractivity (Wildman–Crippen MR) is 51.8 cm³/mol. The Bertz CT molecular complexity index is 255. The average molecular weight is 165 g/mol. The minimum Gasteiger partial charge on any atom is -0.327 e. The van der Waals surface area contributed by atoms with E-state index in [-0.39, 0.29) is 0 Å². The minimum absolute atomic E-state index is 0.580. The second kappa shape index (κ2) is 4.21. The van der Waals surface area contributed by atoms with E-state index in [0.29, 0.717) is 6.54 Å².